The van der Waals surface area contributed by atoms with Gasteiger partial charge in [-0.15, -0.1) is 0 Å². The lowest BCUT2D eigenvalue weighted by molar-refractivity contribution is 0.0227. The molecule has 0 aromatic rings. The Morgan fingerprint density at radius 1 is 1.00 bits per heavy atom. The number of amides is 1. The Labute approximate surface area is 144 Å². The van der Waals surface area contributed by atoms with Gasteiger partial charge < -0.3 is 9.64 Å². The van der Waals surface area contributed by atoms with Gasteiger partial charge in [0.15, 0.2) is 0 Å². The monoisotopic (exact) mass is 325 g/mol. The predicted molar refractivity (Wildman–Crippen MR) is 97.8 cm³/mol. The first-order chi connectivity index (χ1) is 10.9. The van der Waals surface area contributed by atoms with E-state index in [1.54, 1.807) is 0 Å². The SMILES string of the molecule is CCCCCCCCC1CCCN(C(=O)OC(C)(C)C)CCC1. The van der Waals surface area contributed by atoms with Crippen molar-refractivity contribution in [2.75, 3.05) is 13.1 Å². The lowest BCUT2D eigenvalue weighted by Crippen LogP contribution is -2.39. The number of carbonyl (C=O) groups is 1. The van der Waals surface area contributed by atoms with Crippen LogP contribution in [0, 0.1) is 5.92 Å². The fourth-order valence-electron chi connectivity index (χ4n) is 3.41. The number of nitrogens with zero attached hydrogens (tertiary/aromatic N) is 1. The molecule has 136 valence electrons. The summed E-state index contributed by atoms with van der Waals surface area (Å²) in [6, 6.07) is 0. The lowest BCUT2D eigenvalue weighted by Gasteiger charge is -2.30. The molecule has 3 heteroatoms. The van der Waals surface area contributed by atoms with Crippen LogP contribution in [0.3, 0.4) is 0 Å². The zero-order valence-corrected chi connectivity index (χ0v) is 16.0. The molecule has 1 rings (SSSR count). The molecule has 1 fully saturated rings. The van der Waals surface area contributed by atoms with Crippen LogP contribution < -0.4 is 0 Å². The summed E-state index contributed by atoms with van der Waals surface area (Å²) in [6.45, 7) is 9.81. The summed E-state index contributed by atoms with van der Waals surface area (Å²) in [4.78, 5) is 14.1. The highest BCUT2D eigenvalue weighted by molar-refractivity contribution is 5.68. The molecule has 0 aromatic carbocycles. The summed E-state index contributed by atoms with van der Waals surface area (Å²) >= 11 is 0. The Morgan fingerprint density at radius 2 is 1.57 bits per heavy atom. The predicted octanol–water partition coefficient (Wildman–Crippen LogP) is 6.16. The molecular formula is C20H39NO2. The highest BCUT2D eigenvalue weighted by Gasteiger charge is 2.23. The summed E-state index contributed by atoms with van der Waals surface area (Å²) < 4.78 is 5.50. The molecule has 1 saturated heterocycles. The number of rotatable bonds is 7. The molecule has 23 heavy (non-hydrogen) atoms. The third kappa shape index (κ3) is 9.88. The summed E-state index contributed by atoms with van der Waals surface area (Å²) in [6.07, 6.45) is 14.4. The molecule has 0 aliphatic carbocycles. The number of carbonyl (C=O) groups excluding carboxylic acids is 1. The number of likely N-dealkylation sites (tertiary alicyclic amines) is 1. The van der Waals surface area contributed by atoms with Crippen molar-refractivity contribution in [2.45, 2.75) is 104 Å². The second-order valence-corrected chi connectivity index (χ2v) is 8.17. The van der Waals surface area contributed by atoms with Gasteiger partial charge in [-0.1, -0.05) is 51.9 Å². The van der Waals surface area contributed by atoms with Crippen LogP contribution in [0.4, 0.5) is 4.79 Å². The quantitative estimate of drug-likeness (QED) is 0.524. The maximum Gasteiger partial charge on any atom is 0.410 e. The standard InChI is InChI=1S/C20H39NO2/c1-5-6-7-8-9-10-13-18-14-11-16-21(17-12-15-18)19(22)23-20(2,3)4/h18H,5-17H2,1-4H3. The molecule has 1 aliphatic heterocycles. The minimum atomic E-state index is -0.389. The first kappa shape index (κ1) is 20.3. The zero-order chi connectivity index (χ0) is 17.1. The van der Waals surface area contributed by atoms with Gasteiger partial charge in [0.05, 0.1) is 0 Å². The Bertz CT molecular complexity index is 312. The minimum Gasteiger partial charge on any atom is -0.444 e. The molecule has 0 bridgehead atoms. The van der Waals surface area contributed by atoms with Crippen molar-refractivity contribution in [3.63, 3.8) is 0 Å². The van der Waals surface area contributed by atoms with Crippen LogP contribution in [0.25, 0.3) is 0 Å². The maximum atomic E-state index is 12.2. The van der Waals surface area contributed by atoms with E-state index >= 15 is 0 Å². The molecular weight excluding hydrogens is 286 g/mol. The van der Waals surface area contributed by atoms with Crippen LogP contribution in [0.5, 0.6) is 0 Å². The highest BCUT2D eigenvalue weighted by atomic mass is 16.6. The normalized spacial score (nSPS) is 17.7. The molecule has 0 unspecified atom stereocenters. The van der Waals surface area contributed by atoms with Crippen molar-refractivity contribution >= 4 is 6.09 Å². The average molecular weight is 326 g/mol. The van der Waals surface area contributed by atoms with E-state index in [0.717, 1.165) is 31.8 Å². The average Bonchev–Trinajstić information content (AvgIpc) is 2.42. The van der Waals surface area contributed by atoms with Gasteiger partial charge in [-0.3, -0.25) is 0 Å². The van der Waals surface area contributed by atoms with E-state index in [9.17, 15) is 4.79 Å². The topological polar surface area (TPSA) is 29.5 Å². The Kier molecular flexibility index (Phi) is 9.66. The van der Waals surface area contributed by atoms with E-state index < -0.39 is 0 Å². The maximum absolute atomic E-state index is 12.2. The molecule has 1 aliphatic rings. The third-order valence-electron chi connectivity index (χ3n) is 4.70. The molecule has 0 atom stereocenters. The van der Waals surface area contributed by atoms with Crippen LogP contribution in [0.15, 0.2) is 0 Å². The first-order valence-corrected chi connectivity index (χ1v) is 9.90. The minimum absolute atomic E-state index is 0.133. The van der Waals surface area contributed by atoms with Crippen LogP contribution >= 0.6 is 0 Å². The van der Waals surface area contributed by atoms with Crippen molar-refractivity contribution in [2.24, 2.45) is 5.92 Å². The lowest BCUT2D eigenvalue weighted by atomic mass is 9.90. The molecule has 1 heterocycles. The molecule has 0 aromatic heterocycles. The number of unbranched alkanes of at least 4 members (excludes halogenated alkanes) is 5. The fourth-order valence-corrected chi connectivity index (χ4v) is 3.41. The number of hydrogen-bond donors (Lipinski definition) is 0. The van der Waals surface area contributed by atoms with Crippen molar-refractivity contribution in [1.82, 2.24) is 4.90 Å². The second-order valence-electron chi connectivity index (χ2n) is 8.17. The molecule has 0 spiro atoms. The van der Waals surface area contributed by atoms with Crippen molar-refractivity contribution < 1.29 is 9.53 Å². The highest BCUT2D eigenvalue weighted by Crippen LogP contribution is 2.24. The molecule has 3 nitrogen and oxygen atoms in total. The van der Waals surface area contributed by atoms with Gasteiger partial charge in [-0.2, -0.15) is 0 Å². The number of ether oxygens (including phenoxy) is 1. The Hall–Kier alpha value is -0.730. The van der Waals surface area contributed by atoms with E-state index in [1.807, 2.05) is 25.7 Å². The Balaban J connectivity index is 2.19. The van der Waals surface area contributed by atoms with Gasteiger partial charge in [0, 0.05) is 13.1 Å². The van der Waals surface area contributed by atoms with Crippen molar-refractivity contribution in [1.29, 1.82) is 0 Å². The van der Waals surface area contributed by atoms with Crippen LogP contribution in [0.2, 0.25) is 0 Å². The van der Waals surface area contributed by atoms with Crippen molar-refractivity contribution in [3.8, 4) is 0 Å². The summed E-state index contributed by atoms with van der Waals surface area (Å²) in [5.74, 6) is 0.877. The van der Waals surface area contributed by atoms with Gasteiger partial charge in [-0.25, -0.2) is 4.79 Å². The smallest absolute Gasteiger partial charge is 0.410 e. The van der Waals surface area contributed by atoms with E-state index in [2.05, 4.69) is 6.92 Å². The van der Waals surface area contributed by atoms with Gasteiger partial charge in [0.1, 0.15) is 5.60 Å². The van der Waals surface area contributed by atoms with E-state index in [1.165, 1.54) is 57.8 Å². The Morgan fingerprint density at radius 3 is 2.13 bits per heavy atom. The third-order valence-corrected chi connectivity index (χ3v) is 4.70. The van der Waals surface area contributed by atoms with Crippen LogP contribution in [0.1, 0.15) is 98.3 Å². The van der Waals surface area contributed by atoms with Gasteiger partial charge in [0.2, 0.25) is 0 Å². The zero-order valence-electron chi connectivity index (χ0n) is 16.0. The number of hydrogen-bond acceptors (Lipinski definition) is 2. The largest absolute Gasteiger partial charge is 0.444 e. The second kappa shape index (κ2) is 10.9. The molecule has 0 N–H and O–H groups in total. The van der Waals surface area contributed by atoms with E-state index in [-0.39, 0.29) is 11.7 Å². The molecule has 0 saturated carbocycles. The fraction of sp³-hybridized carbons (Fsp3) is 0.950. The van der Waals surface area contributed by atoms with Gasteiger partial charge in [-0.05, 0) is 52.4 Å². The van der Waals surface area contributed by atoms with Crippen LogP contribution in [-0.2, 0) is 4.74 Å². The van der Waals surface area contributed by atoms with Crippen LogP contribution in [-0.4, -0.2) is 29.7 Å². The summed E-state index contributed by atoms with van der Waals surface area (Å²) in [5.41, 5.74) is -0.389. The van der Waals surface area contributed by atoms with Gasteiger partial charge in [0.25, 0.3) is 0 Å². The molecule has 1 amide bonds. The van der Waals surface area contributed by atoms with Gasteiger partial charge >= 0.3 is 6.09 Å². The van der Waals surface area contributed by atoms with E-state index in [0.29, 0.717) is 0 Å². The van der Waals surface area contributed by atoms with E-state index in [4.69, 9.17) is 4.74 Å². The van der Waals surface area contributed by atoms with Crippen molar-refractivity contribution in [3.05, 3.63) is 0 Å². The summed E-state index contributed by atoms with van der Waals surface area (Å²) in [7, 11) is 0. The molecule has 0 radical (unpaired) electrons. The first-order valence-electron chi connectivity index (χ1n) is 9.90. The summed E-state index contributed by atoms with van der Waals surface area (Å²) in [5, 5.41) is 0.